The molecule has 1 N–H and O–H groups in total. The smallest absolute Gasteiger partial charge is 0.255 e. The zero-order valence-corrected chi connectivity index (χ0v) is 15.3. The minimum atomic E-state index is -0.0745. The molecule has 0 aliphatic carbocycles. The fourth-order valence-electron chi connectivity index (χ4n) is 3.24. The number of amides is 1. The molecule has 1 atom stereocenters. The molecule has 0 fully saturated rings. The maximum Gasteiger partial charge on any atom is 0.255 e. The van der Waals surface area contributed by atoms with Crippen molar-refractivity contribution in [1.29, 1.82) is 0 Å². The molecule has 0 spiro atoms. The number of nitrogens with zero attached hydrogens (tertiary/aromatic N) is 2. The zero-order valence-electron chi connectivity index (χ0n) is 15.3. The van der Waals surface area contributed by atoms with Gasteiger partial charge in [-0.3, -0.25) is 4.79 Å². The van der Waals surface area contributed by atoms with Crippen LogP contribution in [0.5, 0.6) is 0 Å². The highest BCUT2D eigenvalue weighted by Crippen LogP contribution is 2.22. The maximum absolute atomic E-state index is 12.9. The van der Waals surface area contributed by atoms with Gasteiger partial charge >= 0.3 is 0 Å². The lowest BCUT2D eigenvalue weighted by Gasteiger charge is -2.21. The summed E-state index contributed by atoms with van der Waals surface area (Å²) in [5.41, 5.74) is 4.46. The van der Waals surface area contributed by atoms with Gasteiger partial charge in [-0.15, -0.1) is 0 Å². The normalized spacial score (nSPS) is 12.5. The Labute approximate surface area is 148 Å². The lowest BCUT2D eigenvalue weighted by Crippen LogP contribution is -2.29. The van der Waals surface area contributed by atoms with Gasteiger partial charge in [0.15, 0.2) is 0 Å². The van der Waals surface area contributed by atoms with Crippen molar-refractivity contribution in [3.05, 3.63) is 71.2 Å². The van der Waals surface area contributed by atoms with Gasteiger partial charge in [-0.1, -0.05) is 44.2 Å². The molecule has 0 aliphatic heterocycles. The molecule has 1 amide bonds. The molecule has 0 radical (unpaired) electrons. The minimum absolute atomic E-state index is 0.00504. The molecule has 1 aromatic carbocycles. The first-order chi connectivity index (χ1) is 12.0. The average molecular weight is 335 g/mol. The standard InChI is InChI=1S/C21H25N3O/c1-14(2)12-19(17-8-6-5-7-9-17)23-21(25)18-10-11-24-16(4)13-15(3)22-20(18)24/h5-11,13-14,19H,12H2,1-4H3,(H,23,25). The van der Waals surface area contributed by atoms with E-state index in [-0.39, 0.29) is 11.9 Å². The summed E-state index contributed by atoms with van der Waals surface area (Å²) < 4.78 is 1.96. The summed E-state index contributed by atoms with van der Waals surface area (Å²) >= 11 is 0. The van der Waals surface area contributed by atoms with Crippen LogP contribution in [0.3, 0.4) is 0 Å². The second-order valence-electron chi connectivity index (χ2n) is 7.03. The second kappa shape index (κ2) is 7.09. The first kappa shape index (κ1) is 17.2. The molecule has 0 bridgehead atoms. The number of hydrogen-bond acceptors (Lipinski definition) is 2. The Balaban J connectivity index is 1.92. The number of benzene rings is 1. The van der Waals surface area contributed by atoms with Crippen LogP contribution >= 0.6 is 0 Å². The van der Waals surface area contributed by atoms with Gasteiger partial charge in [0, 0.05) is 17.6 Å². The Morgan fingerprint density at radius 1 is 1.16 bits per heavy atom. The number of hydrogen-bond donors (Lipinski definition) is 1. The van der Waals surface area contributed by atoms with Crippen LogP contribution in [0.4, 0.5) is 0 Å². The summed E-state index contributed by atoms with van der Waals surface area (Å²) in [6, 6.07) is 14.0. The van der Waals surface area contributed by atoms with Crippen LogP contribution in [0.25, 0.3) is 5.65 Å². The Hall–Kier alpha value is -2.62. The fourth-order valence-corrected chi connectivity index (χ4v) is 3.24. The molecule has 0 saturated heterocycles. The van der Waals surface area contributed by atoms with Gasteiger partial charge in [0.05, 0.1) is 11.6 Å². The lowest BCUT2D eigenvalue weighted by atomic mass is 9.97. The first-order valence-corrected chi connectivity index (χ1v) is 8.77. The first-order valence-electron chi connectivity index (χ1n) is 8.77. The maximum atomic E-state index is 12.9. The van der Waals surface area contributed by atoms with Crippen LogP contribution in [0.2, 0.25) is 0 Å². The molecular formula is C21H25N3O. The number of carbonyl (C=O) groups excluding carboxylic acids is 1. The number of fused-ring (bicyclic) bond motifs is 1. The van der Waals surface area contributed by atoms with E-state index in [1.165, 1.54) is 0 Å². The van der Waals surface area contributed by atoms with E-state index in [2.05, 4.69) is 36.3 Å². The summed E-state index contributed by atoms with van der Waals surface area (Å²) in [5.74, 6) is 0.411. The predicted octanol–water partition coefficient (Wildman–Crippen LogP) is 4.47. The Morgan fingerprint density at radius 3 is 2.56 bits per heavy atom. The van der Waals surface area contributed by atoms with E-state index in [1.807, 2.05) is 54.8 Å². The molecule has 0 saturated carbocycles. The quantitative estimate of drug-likeness (QED) is 0.748. The summed E-state index contributed by atoms with van der Waals surface area (Å²) in [6.07, 6.45) is 2.80. The van der Waals surface area contributed by atoms with Gasteiger partial charge in [-0.2, -0.15) is 0 Å². The van der Waals surface area contributed by atoms with Gasteiger partial charge in [0.1, 0.15) is 5.65 Å². The molecule has 25 heavy (non-hydrogen) atoms. The lowest BCUT2D eigenvalue weighted by molar-refractivity contribution is 0.0933. The Kier molecular flexibility index (Phi) is 4.88. The highest BCUT2D eigenvalue weighted by molar-refractivity contribution is 6.00. The number of aromatic nitrogens is 2. The molecule has 4 heteroatoms. The molecule has 130 valence electrons. The molecule has 1 unspecified atom stereocenters. The van der Waals surface area contributed by atoms with Gasteiger partial charge < -0.3 is 9.72 Å². The van der Waals surface area contributed by atoms with E-state index in [0.717, 1.165) is 23.4 Å². The second-order valence-corrected chi connectivity index (χ2v) is 7.03. The van der Waals surface area contributed by atoms with Gasteiger partial charge in [-0.25, -0.2) is 4.98 Å². The molecule has 3 rings (SSSR count). The van der Waals surface area contributed by atoms with E-state index >= 15 is 0 Å². The van der Waals surface area contributed by atoms with Gasteiger partial charge in [-0.05, 0) is 43.9 Å². The van der Waals surface area contributed by atoms with Crippen molar-refractivity contribution in [3.8, 4) is 0 Å². The average Bonchev–Trinajstić information content (AvgIpc) is 2.98. The van der Waals surface area contributed by atoms with Gasteiger partial charge in [0.2, 0.25) is 0 Å². The highest BCUT2D eigenvalue weighted by atomic mass is 16.1. The number of nitrogens with one attached hydrogen (secondary N) is 1. The van der Waals surface area contributed by atoms with E-state index < -0.39 is 0 Å². The van der Waals surface area contributed by atoms with Crippen LogP contribution < -0.4 is 5.32 Å². The SMILES string of the molecule is Cc1cc(C)n2ccc(C(=O)NC(CC(C)C)c3ccccc3)c2n1. The molecule has 2 heterocycles. The topological polar surface area (TPSA) is 46.4 Å². The molecule has 0 aliphatic rings. The number of carbonyl (C=O) groups is 1. The molecule has 3 aromatic rings. The van der Waals surface area contributed by atoms with Crippen molar-refractivity contribution in [2.45, 2.75) is 40.2 Å². The van der Waals surface area contributed by atoms with Crippen LogP contribution in [0.15, 0.2) is 48.7 Å². The van der Waals surface area contributed by atoms with E-state index in [1.54, 1.807) is 0 Å². The Bertz CT molecular complexity index is 881. The van der Waals surface area contributed by atoms with E-state index in [9.17, 15) is 4.79 Å². The van der Waals surface area contributed by atoms with Crippen LogP contribution in [-0.2, 0) is 0 Å². The predicted molar refractivity (Wildman–Crippen MR) is 101 cm³/mol. The zero-order chi connectivity index (χ0) is 18.0. The fraction of sp³-hybridized carbons (Fsp3) is 0.333. The van der Waals surface area contributed by atoms with E-state index in [0.29, 0.717) is 17.1 Å². The molecule has 4 nitrogen and oxygen atoms in total. The summed E-state index contributed by atoms with van der Waals surface area (Å²) in [4.78, 5) is 17.5. The summed E-state index contributed by atoms with van der Waals surface area (Å²) in [7, 11) is 0. The monoisotopic (exact) mass is 335 g/mol. The highest BCUT2D eigenvalue weighted by Gasteiger charge is 2.20. The third-order valence-corrected chi connectivity index (χ3v) is 4.40. The van der Waals surface area contributed by atoms with Gasteiger partial charge in [0.25, 0.3) is 5.91 Å². The third kappa shape index (κ3) is 3.73. The van der Waals surface area contributed by atoms with Crippen LogP contribution in [-0.4, -0.2) is 15.3 Å². The number of aryl methyl sites for hydroxylation is 2. The van der Waals surface area contributed by atoms with Crippen molar-refractivity contribution >= 4 is 11.6 Å². The van der Waals surface area contributed by atoms with Crippen molar-refractivity contribution in [3.63, 3.8) is 0 Å². The van der Waals surface area contributed by atoms with Crippen molar-refractivity contribution in [2.75, 3.05) is 0 Å². The van der Waals surface area contributed by atoms with Crippen molar-refractivity contribution in [1.82, 2.24) is 14.7 Å². The summed E-state index contributed by atoms with van der Waals surface area (Å²) in [6.45, 7) is 8.32. The van der Waals surface area contributed by atoms with Crippen LogP contribution in [0, 0.1) is 19.8 Å². The largest absolute Gasteiger partial charge is 0.345 e. The van der Waals surface area contributed by atoms with Crippen molar-refractivity contribution < 1.29 is 4.79 Å². The number of rotatable bonds is 5. The van der Waals surface area contributed by atoms with Crippen molar-refractivity contribution in [2.24, 2.45) is 5.92 Å². The third-order valence-electron chi connectivity index (χ3n) is 4.40. The molecule has 2 aromatic heterocycles. The van der Waals surface area contributed by atoms with E-state index in [4.69, 9.17) is 0 Å². The Morgan fingerprint density at radius 2 is 1.88 bits per heavy atom. The molecular weight excluding hydrogens is 310 g/mol. The van der Waals surface area contributed by atoms with Crippen LogP contribution in [0.1, 0.15) is 53.6 Å². The minimum Gasteiger partial charge on any atom is -0.345 e. The summed E-state index contributed by atoms with van der Waals surface area (Å²) in [5, 5.41) is 3.21.